The number of anilines is 1. The fraction of sp³-hybridized carbons (Fsp3) is 0.611. The van der Waals surface area contributed by atoms with Crippen LogP contribution >= 0.6 is 0 Å². The first-order valence-electron chi connectivity index (χ1n) is 8.32. The maximum atomic E-state index is 4.18. The van der Waals surface area contributed by atoms with Crippen molar-refractivity contribution in [1.29, 1.82) is 0 Å². The molecule has 3 nitrogen and oxygen atoms in total. The second kappa shape index (κ2) is 6.61. The largest absolute Gasteiger partial charge is 0.344 e. The van der Waals surface area contributed by atoms with Gasteiger partial charge in [0.2, 0.25) is 0 Å². The highest BCUT2D eigenvalue weighted by Gasteiger charge is 2.24. The summed E-state index contributed by atoms with van der Waals surface area (Å²) in [5, 5.41) is 3.37. The molecule has 21 heavy (non-hydrogen) atoms. The number of aliphatic imine (C=N–C) groups is 1. The highest BCUT2D eigenvalue weighted by Crippen LogP contribution is 2.27. The Morgan fingerprint density at radius 3 is 2.57 bits per heavy atom. The molecule has 114 valence electrons. The molecule has 3 rings (SSSR count). The molecule has 0 amide bonds. The molecule has 1 fully saturated rings. The van der Waals surface area contributed by atoms with Gasteiger partial charge in [0.25, 0.3) is 0 Å². The lowest BCUT2D eigenvalue weighted by Crippen LogP contribution is -2.32. The van der Waals surface area contributed by atoms with Crippen LogP contribution in [-0.2, 0) is 12.8 Å². The molecule has 0 spiro atoms. The Balaban J connectivity index is 1.70. The lowest BCUT2D eigenvalue weighted by Gasteiger charge is -2.25. The van der Waals surface area contributed by atoms with Gasteiger partial charge in [-0.2, -0.15) is 0 Å². The average molecular weight is 285 g/mol. The van der Waals surface area contributed by atoms with Crippen LogP contribution < -0.4 is 5.32 Å². The van der Waals surface area contributed by atoms with E-state index in [2.05, 4.69) is 33.4 Å². The van der Waals surface area contributed by atoms with Crippen LogP contribution in [0.1, 0.15) is 43.7 Å². The molecule has 1 heterocycles. The summed E-state index contributed by atoms with van der Waals surface area (Å²) >= 11 is 0. The molecule has 1 aliphatic heterocycles. The van der Waals surface area contributed by atoms with Gasteiger partial charge in [-0.3, -0.25) is 4.99 Å². The van der Waals surface area contributed by atoms with E-state index in [9.17, 15) is 0 Å². The molecule has 0 radical (unpaired) electrons. The maximum absolute atomic E-state index is 4.18. The molecule has 1 saturated heterocycles. The van der Waals surface area contributed by atoms with Crippen LogP contribution in [0, 0.1) is 0 Å². The summed E-state index contributed by atoms with van der Waals surface area (Å²) in [7, 11) is 1.83. The third kappa shape index (κ3) is 3.46. The normalized spacial score (nSPS) is 23.7. The standard InChI is InChI=1S/C18H27N3/c1-14(19-2)20-17-8-5-15-6-9-18(10-7-16(15)13-17)21-11-3-4-12-21/h5,8,13,18H,3-4,6-7,9-12H2,1-2H3,(H,19,20). The third-order valence-electron chi connectivity index (χ3n) is 5.02. The number of benzene rings is 1. The van der Waals surface area contributed by atoms with E-state index in [1.807, 2.05) is 14.0 Å². The highest BCUT2D eigenvalue weighted by atomic mass is 15.2. The predicted molar refractivity (Wildman–Crippen MR) is 90.3 cm³/mol. The van der Waals surface area contributed by atoms with Crippen molar-refractivity contribution in [2.24, 2.45) is 4.99 Å². The molecular formula is C18H27N3. The SMILES string of the molecule is CN=C(C)Nc1ccc2c(c1)CCC(N1CCCC1)CC2. The summed E-state index contributed by atoms with van der Waals surface area (Å²) in [6, 6.07) is 7.64. The second-order valence-corrected chi connectivity index (χ2v) is 6.39. The van der Waals surface area contributed by atoms with E-state index in [1.165, 1.54) is 62.9 Å². The Labute approximate surface area is 128 Å². The molecular weight excluding hydrogens is 258 g/mol. The van der Waals surface area contributed by atoms with Crippen LogP contribution in [-0.4, -0.2) is 36.9 Å². The monoisotopic (exact) mass is 285 g/mol. The van der Waals surface area contributed by atoms with Gasteiger partial charge in [-0.05, 0) is 81.8 Å². The van der Waals surface area contributed by atoms with Crippen LogP contribution in [0.25, 0.3) is 0 Å². The fourth-order valence-electron chi connectivity index (χ4n) is 3.71. The predicted octanol–water partition coefficient (Wildman–Crippen LogP) is 3.49. The lowest BCUT2D eigenvalue weighted by atomic mass is 10.0. The van der Waals surface area contributed by atoms with Crippen LogP contribution in [0.15, 0.2) is 23.2 Å². The zero-order valence-corrected chi connectivity index (χ0v) is 13.4. The Hall–Kier alpha value is -1.35. The van der Waals surface area contributed by atoms with Crippen LogP contribution in [0.3, 0.4) is 0 Å². The molecule has 1 aromatic carbocycles. The van der Waals surface area contributed by atoms with Crippen molar-refractivity contribution in [2.45, 2.75) is 51.5 Å². The van der Waals surface area contributed by atoms with Gasteiger partial charge in [-0.1, -0.05) is 6.07 Å². The van der Waals surface area contributed by atoms with E-state index in [4.69, 9.17) is 0 Å². The van der Waals surface area contributed by atoms with Gasteiger partial charge in [0.15, 0.2) is 0 Å². The maximum Gasteiger partial charge on any atom is 0.0972 e. The van der Waals surface area contributed by atoms with Crippen LogP contribution in [0.4, 0.5) is 5.69 Å². The summed E-state index contributed by atoms with van der Waals surface area (Å²) in [6.07, 6.45) is 7.89. The molecule has 1 unspecified atom stereocenters. The molecule has 1 atom stereocenters. The van der Waals surface area contributed by atoms with Crippen LogP contribution in [0.5, 0.6) is 0 Å². The number of aryl methyl sites for hydroxylation is 2. The van der Waals surface area contributed by atoms with E-state index < -0.39 is 0 Å². The number of nitrogens with one attached hydrogen (secondary N) is 1. The minimum atomic E-state index is 0.801. The second-order valence-electron chi connectivity index (χ2n) is 6.39. The fourth-order valence-corrected chi connectivity index (χ4v) is 3.71. The Morgan fingerprint density at radius 2 is 1.86 bits per heavy atom. The van der Waals surface area contributed by atoms with Gasteiger partial charge in [0, 0.05) is 18.8 Å². The van der Waals surface area contributed by atoms with Gasteiger partial charge in [-0.15, -0.1) is 0 Å². The minimum absolute atomic E-state index is 0.801. The average Bonchev–Trinajstić information content (AvgIpc) is 2.95. The van der Waals surface area contributed by atoms with Crippen molar-refractivity contribution in [3.05, 3.63) is 29.3 Å². The molecule has 2 aliphatic rings. The molecule has 0 saturated carbocycles. The van der Waals surface area contributed by atoms with E-state index >= 15 is 0 Å². The van der Waals surface area contributed by atoms with Crippen molar-refractivity contribution in [3.8, 4) is 0 Å². The number of likely N-dealkylation sites (tertiary alicyclic amines) is 1. The van der Waals surface area contributed by atoms with E-state index in [0.717, 1.165) is 11.9 Å². The van der Waals surface area contributed by atoms with Crippen molar-refractivity contribution < 1.29 is 0 Å². The molecule has 3 heteroatoms. The first kappa shape index (κ1) is 14.6. The van der Waals surface area contributed by atoms with Crippen LogP contribution in [0.2, 0.25) is 0 Å². The number of hydrogen-bond donors (Lipinski definition) is 1. The van der Waals surface area contributed by atoms with Gasteiger partial charge in [0.05, 0.1) is 5.84 Å². The summed E-state index contributed by atoms with van der Waals surface area (Å²) in [6.45, 7) is 4.65. The zero-order valence-electron chi connectivity index (χ0n) is 13.4. The topological polar surface area (TPSA) is 27.6 Å². The molecule has 1 N–H and O–H groups in total. The van der Waals surface area contributed by atoms with E-state index in [-0.39, 0.29) is 0 Å². The van der Waals surface area contributed by atoms with Gasteiger partial charge >= 0.3 is 0 Å². The van der Waals surface area contributed by atoms with Crippen molar-refractivity contribution in [1.82, 2.24) is 4.90 Å². The van der Waals surface area contributed by atoms with E-state index in [0.29, 0.717) is 0 Å². The van der Waals surface area contributed by atoms with E-state index in [1.54, 1.807) is 5.56 Å². The minimum Gasteiger partial charge on any atom is -0.344 e. The van der Waals surface area contributed by atoms with Crippen molar-refractivity contribution >= 4 is 11.5 Å². The number of hydrogen-bond acceptors (Lipinski definition) is 2. The van der Waals surface area contributed by atoms with Gasteiger partial charge in [-0.25, -0.2) is 0 Å². The summed E-state index contributed by atoms with van der Waals surface area (Å²) in [5.41, 5.74) is 4.26. The lowest BCUT2D eigenvalue weighted by molar-refractivity contribution is 0.222. The first-order chi connectivity index (χ1) is 10.3. The number of fused-ring (bicyclic) bond motifs is 1. The summed E-state index contributed by atoms with van der Waals surface area (Å²) < 4.78 is 0. The third-order valence-corrected chi connectivity index (χ3v) is 5.02. The number of rotatable bonds is 2. The van der Waals surface area contributed by atoms with Crippen molar-refractivity contribution in [3.63, 3.8) is 0 Å². The van der Waals surface area contributed by atoms with Crippen molar-refractivity contribution in [2.75, 3.05) is 25.5 Å². The smallest absolute Gasteiger partial charge is 0.0972 e. The Bertz CT molecular complexity index is 515. The summed E-state index contributed by atoms with van der Waals surface area (Å²) in [4.78, 5) is 6.90. The van der Waals surface area contributed by atoms with Gasteiger partial charge < -0.3 is 10.2 Å². The molecule has 0 aromatic heterocycles. The van der Waals surface area contributed by atoms with Gasteiger partial charge in [0.1, 0.15) is 0 Å². The first-order valence-corrected chi connectivity index (χ1v) is 8.32. The number of nitrogens with zero attached hydrogens (tertiary/aromatic N) is 2. The number of amidine groups is 1. The molecule has 0 bridgehead atoms. The Morgan fingerprint density at radius 1 is 1.14 bits per heavy atom. The Kier molecular flexibility index (Phi) is 4.59. The quantitative estimate of drug-likeness (QED) is 0.512. The zero-order chi connectivity index (χ0) is 14.7. The highest BCUT2D eigenvalue weighted by molar-refractivity contribution is 5.93. The summed E-state index contributed by atoms with van der Waals surface area (Å²) in [5.74, 6) is 0.971. The molecule has 1 aliphatic carbocycles. The molecule has 1 aromatic rings.